The molecule has 2 heteroatoms. The van der Waals surface area contributed by atoms with Crippen molar-refractivity contribution in [2.24, 2.45) is 47.3 Å². The number of cyclic esters (lactones) is 1. The largest absolute Gasteiger partial charge is 0.465 e. The van der Waals surface area contributed by atoms with Crippen LogP contribution in [0.1, 0.15) is 12.8 Å². The van der Waals surface area contributed by atoms with Crippen LogP contribution in [0.15, 0.2) is 12.2 Å². The molecule has 1 heterocycles. The number of carbonyl (C=O) groups excluding carboxylic acids is 1. The summed E-state index contributed by atoms with van der Waals surface area (Å²) in [5, 5.41) is 0. The van der Waals surface area contributed by atoms with Crippen LogP contribution in [0, 0.1) is 47.3 Å². The van der Waals surface area contributed by atoms with Gasteiger partial charge in [0.25, 0.3) is 0 Å². The SMILES string of the molecule is O=C1OCC2C3CC(C12)C1C2C=CC(C2)C31. The van der Waals surface area contributed by atoms with E-state index in [0.717, 1.165) is 36.2 Å². The molecule has 16 heavy (non-hydrogen) atoms. The van der Waals surface area contributed by atoms with Crippen LogP contribution in [0.5, 0.6) is 0 Å². The molecular weight excluding hydrogens is 200 g/mol. The van der Waals surface area contributed by atoms with Gasteiger partial charge in [0.1, 0.15) is 0 Å². The molecule has 3 saturated carbocycles. The summed E-state index contributed by atoms with van der Waals surface area (Å²) in [6.07, 6.45) is 7.60. The molecule has 0 amide bonds. The zero-order valence-corrected chi connectivity index (χ0v) is 9.21. The Hall–Kier alpha value is -0.790. The van der Waals surface area contributed by atoms with Crippen molar-refractivity contribution in [2.75, 3.05) is 6.61 Å². The predicted molar refractivity (Wildman–Crippen MR) is 57.3 cm³/mol. The zero-order chi connectivity index (χ0) is 10.4. The minimum Gasteiger partial charge on any atom is -0.465 e. The van der Waals surface area contributed by atoms with E-state index in [9.17, 15) is 4.79 Å². The van der Waals surface area contributed by atoms with Crippen molar-refractivity contribution in [2.45, 2.75) is 12.8 Å². The summed E-state index contributed by atoms with van der Waals surface area (Å²) in [5.41, 5.74) is 0. The molecular formula is C14H16O2. The Morgan fingerprint density at radius 2 is 1.75 bits per heavy atom. The maximum absolute atomic E-state index is 11.8. The fourth-order valence-electron chi connectivity index (χ4n) is 6.01. The van der Waals surface area contributed by atoms with Crippen LogP contribution in [0.4, 0.5) is 0 Å². The van der Waals surface area contributed by atoms with Crippen LogP contribution in [0.3, 0.4) is 0 Å². The standard InChI is InChI=1S/C14H16O2/c15-14-13-9-4-8(10(13)5-16-14)11-6-1-2-7(3-6)12(9)11/h1-2,6-13H,3-5H2. The average molecular weight is 216 g/mol. The van der Waals surface area contributed by atoms with E-state index in [1.807, 2.05) is 0 Å². The molecule has 4 aliphatic carbocycles. The van der Waals surface area contributed by atoms with Gasteiger partial charge in [-0.25, -0.2) is 0 Å². The van der Waals surface area contributed by atoms with E-state index in [1.54, 1.807) is 0 Å². The van der Waals surface area contributed by atoms with Gasteiger partial charge >= 0.3 is 5.97 Å². The first kappa shape index (κ1) is 8.32. The Bertz CT molecular complexity index is 413. The highest BCUT2D eigenvalue weighted by molar-refractivity contribution is 5.76. The molecule has 0 spiro atoms. The lowest BCUT2D eigenvalue weighted by atomic mass is 9.66. The van der Waals surface area contributed by atoms with Gasteiger partial charge in [0.2, 0.25) is 0 Å². The first-order valence-corrected chi connectivity index (χ1v) is 6.69. The van der Waals surface area contributed by atoms with Crippen LogP contribution in [-0.4, -0.2) is 12.6 Å². The first-order valence-electron chi connectivity index (χ1n) is 6.69. The Balaban J connectivity index is 1.62. The predicted octanol–water partition coefficient (Wildman–Crippen LogP) is 1.86. The van der Waals surface area contributed by atoms with Crippen LogP contribution in [0.25, 0.3) is 0 Å². The van der Waals surface area contributed by atoms with Gasteiger partial charge in [-0.2, -0.15) is 0 Å². The molecule has 84 valence electrons. The molecule has 1 aliphatic heterocycles. The molecule has 1 saturated heterocycles. The average Bonchev–Trinajstić information content (AvgIpc) is 2.99. The molecule has 0 radical (unpaired) electrons. The lowest BCUT2D eigenvalue weighted by molar-refractivity contribution is -0.143. The molecule has 4 bridgehead atoms. The van der Waals surface area contributed by atoms with E-state index in [4.69, 9.17) is 4.74 Å². The van der Waals surface area contributed by atoms with E-state index in [0.29, 0.717) is 17.8 Å². The van der Waals surface area contributed by atoms with Gasteiger partial charge in [0.05, 0.1) is 12.5 Å². The van der Waals surface area contributed by atoms with Crippen molar-refractivity contribution in [1.82, 2.24) is 0 Å². The van der Waals surface area contributed by atoms with Gasteiger partial charge in [-0.15, -0.1) is 0 Å². The molecule has 0 aromatic rings. The maximum atomic E-state index is 11.8. The zero-order valence-electron chi connectivity index (χ0n) is 9.21. The fraction of sp³-hybridized carbons (Fsp3) is 0.786. The lowest BCUT2D eigenvalue weighted by Gasteiger charge is -2.36. The number of hydrogen-bond acceptors (Lipinski definition) is 2. The molecule has 8 unspecified atom stereocenters. The number of rotatable bonds is 0. The normalized spacial score (nSPS) is 63.9. The van der Waals surface area contributed by atoms with E-state index in [1.165, 1.54) is 12.8 Å². The number of esters is 1. The summed E-state index contributed by atoms with van der Waals surface area (Å²) in [6.45, 7) is 0.731. The first-order chi connectivity index (χ1) is 7.84. The van der Waals surface area contributed by atoms with Crippen LogP contribution < -0.4 is 0 Å². The van der Waals surface area contributed by atoms with Crippen molar-refractivity contribution in [3.63, 3.8) is 0 Å². The summed E-state index contributed by atoms with van der Waals surface area (Å²) in [6, 6.07) is 0. The Morgan fingerprint density at radius 1 is 1.00 bits per heavy atom. The summed E-state index contributed by atoms with van der Waals surface area (Å²) in [4.78, 5) is 11.8. The number of hydrogen-bond donors (Lipinski definition) is 0. The van der Waals surface area contributed by atoms with E-state index in [-0.39, 0.29) is 5.97 Å². The van der Waals surface area contributed by atoms with Crippen LogP contribution in [-0.2, 0) is 9.53 Å². The molecule has 2 nitrogen and oxygen atoms in total. The third-order valence-corrected chi connectivity index (χ3v) is 6.28. The monoisotopic (exact) mass is 216 g/mol. The quantitative estimate of drug-likeness (QED) is 0.351. The second kappa shape index (κ2) is 2.39. The smallest absolute Gasteiger partial charge is 0.309 e. The minimum absolute atomic E-state index is 0.128. The maximum Gasteiger partial charge on any atom is 0.309 e. The van der Waals surface area contributed by atoms with Crippen molar-refractivity contribution in [3.8, 4) is 0 Å². The van der Waals surface area contributed by atoms with Gasteiger partial charge in [0.15, 0.2) is 0 Å². The topological polar surface area (TPSA) is 26.3 Å². The van der Waals surface area contributed by atoms with Gasteiger partial charge in [0, 0.05) is 5.92 Å². The van der Waals surface area contributed by atoms with Crippen molar-refractivity contribution < 1.29 is 9.53 Å². The van der Waals surface area contributed by atoms with Gasteiger partial charge in [-0.1, -0.05) is 12.2 Å². The van der Waals surface area contributed by atoms with Crippen LogP contribution in [0.2, 0.25) is 0 Å². The number of ether oxygens (including phenoxy) is 1. The third-order valence-electron chi connectivity index (χ3n) is 6.28. The molecule has 4 fully saturated rings. The fourth-order valence-corrected chi connectivity index (χ4v) is 6.01. The Kier molecular flexibility index (Phi) is 1.24. The van der Waals surface area contributed by atoms with Crippen molar-refractivity contribution >= 4 is 5.97 Å². The van der Waals surface area contributed by atoms with Gasteiger partial charge in [-0.3, -0.25) is 4.79 Å². The number of carbonyl (C=O) groups is 1. The molecule has 8 atom stereocenters. The molecule has 0 aromatic carbocycles. The van der Waals surface area contributed by atoms with Gasteiger partial charge in [-0.05, 0) is 48.3 Å². The highest BCUT2D eigenvalue weighted by atomic mass is 16.5. The second-order valence-corrected chi connectivity index (χ2v) is 6.49. The highest BCUT2D eigenvalue weighted by Crippen LogP contribution is 2.69. The van der Waals surface area contributed by atoms with Crippen LogP contribution >= 0.6 is 0 Å². The summed E-state index contributed by atoms with van der Waals surface area (Å²) < 4.78 is 5.30. The van der Waals surface area contributed by atoms with E-state index < -0.39 is 0 Å². The van der Waals surface area contributed by atoms with Gasteiger partial charge < -0.3 is 4.74 Å². The molecule has 0 aromatic heterocycles. The summed E-state index contributed by atoms with van der Waals surface area (Å²) >= 11 is 0. The number of fused-ring (bicyclic) bond motifs is 12. The number of allylic oxidation sites excluding steroid dienone is 2. The van der Waals surface area contributed by atoms with Crippen molar-refractivity contribution in [1.29, 1.82) is 0 Å². The summed E-state index contributed by atoms with van der Waals surface area (Å²) in [5.74, 6) is 5.90. The molecule has 5 rings (SSSR count). The highest BCUT2D eigenvalue weighted by Gasteiger charge is 2.67. The molecule has 0 N–H and O–H groups in total. The summed E-state index contributed by atoms with van der Waals surface area (Å²) in [7, 11) is 0. The third kappa shape index (κ3) is 0.696. The minimum atomic E-state index is 0.128. The lowest BCUT2D eigenvalue weighted by Crippen LogP contribution is -2.37. The molecule has 5 aliphatic rings. The van der Waals surface area contributed by atoms with Crippen molar-refractivity contribution in [3.05, 3.63) is 12.2 Å². The second-order valence-electron chi connectivity index (χ2n) is 6.49. The Labute approximate surface area is 95.0 Å². The van der Waals surface area contributed by atoms with E-state index >= 15 is 0 Å². The van der Waals surface area contributed by atoms with E-state index in [2.05, 4.69) is 12.2 Å². The Morgan fingerprint density at radius 3 is 2.56 bits per heavy atom.